The lowest BCUT2D eigenvalue weighted by molar-refractivity contribution is 0.815. The first-order valence-corrected chi connectivity index (χ1v) is 4.67. The fourth-order valence-electron chi connectivity index (χ4n) is 1.45. The van der Waals surface area contributed by atoms with Gasteiger partial charge in [-0.05, 0) is 24.7 Å². The molecule has 0 saturated heterocycles. The molecule has 5 heteroatoms. The van der Waals surface area contributed by atoms with Crippen molar-refractivity contribution in [2.45, 2.75) is 6.54 Å². The third kappa shape index (κ3) is 1.97. The fourth-order valence-corrected chi connectivity index (χ4v) is 1.45. The molecule has 0 saturated carbocycles. The minimum absolute atomic E-state index is 0.225. The van der Waals surface area contributed by atoms with E-state index in [4.69, 9.17) is 0 Å². The lowest BCUT2D eigenvalue weighted by Crippen LogP contribution is -2.14. The van der Waals surface area contributed by atoms with Crippen molar-refractivity contribution in [3.05, 3.63) is 46.6 Å². The molecular formula is C10H12N4O. The highest BCUT2D eigenvalue weighted by atomic mass is 16.1. The number of aromatic amines is 1. The van der Waals surface area contributed by atoms with Crippen LogP contribution in [0.3, 0.4) is 0 Å². The summed E-state index contributed by atoms with van der Waals surface area (Å²) in [7, 11) is 1.89. The summed E-state index contributed by atoms with van der Waals surface area (Å²) in [6.45, 7) is 0.778. The zero-order valence-corrected chi connectivity index (χ0v) is 8.40. The molecule has 5 nitrogen and oxygen atoms in total. The van der Waals surface area contributed by atoms with Gasteiger partial charge in [0.05, 0.1) is 5.69 Å². The van der Waals surface area contributed by atoms with E-state index in [1.165, 1.54) is 10.9 Å². The molecule has 1 heterocycles. The topological polar surface area (TPSA) is 62.7 Å². The largest absolute Gasteiger partial charge is 0.347 e. The molecule has 2 rings (SSSR count). The normalized spacial score (nSPS) is 10.5. The number of hydrogen-bond donors (Lipinski definition) is 2. The smallest absolute Gasteiger partial charge is 0.316 e. The van der Waals surface area contributed by atoms with Crippen LogP contribution in [0.5, 0.6) is 0 Å². The second-order valence-electron chi connectivity index (χ2n) is 3.23. The van der Waals surface area contributed by atoms with Crippen molar-refractivity contribution in [1.29, 1.82) is 0 Å². The molecule has 0 aliphatic heterocycles. The van der Waals surface area contributed by atoms with Crippen molar-refractivity contribution in [2.75, 3.05) is 7.05 Å². The summed E-state index contributed by atoms with van der Waals surface area (Å²) in [4.78, 5) is 11.3. The first kappa shape index (κ1) is 9.67. The maximum Gasteiger partial charge on any atom is 0.347 e. The van der Waals surface area contributed by atoms with Crippen molar-refractivity contribution in [1.82, 2.24) is 20.1 Å². The summed E-state index contributed by atoms with van der Waals surface area (Å²) in [5.41, 5.74) is 1.72. The minimum Gasteiger partial charge on any atom is -0.316 e. The summed E-state index contributed by atoms with van der Waals surface area (Å²) >= 11 is 0. The molecule has 0 aliphatic rings. The molecule has 0 atom stereocenters. The second-order valence-corrected chi connectivity index (χ2v) is 3.23. The molecular weight excluding hydrogens is 192 g/mol. The molecule has 0 spiro atoms. The Labute approximate surface area is 86.8 Å². The molecule has 0 amide bonds. The molecule has 15 heavy (non-hydrogen) atoms. The van der Waals surface area contributed by atoms with Crippen LogP contribution in [0.15, 0.2) is 35.4 Å². The van der Waals surface area contributed by atoms with Gasteiger partial charge in [0.25, 0.3) is 0 Å². The maximum absolute atomic E-state index is 11.3. The highest BCUT2D eigenvalue weighted by molar-refractivity contribution is 5.35. The number of nitrogens with zero attached hydrogens (tertiary/aromatic N) is 2. The van der Waals surface area contributed by atoms with Crippen molar-refractivity contribution in [3.8, 4) is 5.69 Å². The Hall–Kier alpha value is -1.88. The second kappa shape index (κ2) is 4.10. The number of H-pyrrole nitrogens is 1. The van der Waals surface area contributed by atoms with E-state index in [0.29, 0.717) is 0 Å². The van der Waals surface area contributed by atoms with Gasteiger partial charge in [-0.25, -0.2) is 14.5 Å². The van der Waals surface area contributed by atoms with Crippen LogP contribution in [-0.4, -0.2) is 21.8 Å². The van der Waals surface area contributed by atoms with Crippen LogP contribution in [0.25, 0.3) is 5.69 Å². The van der Waals surface area contributed by atoms with Crippen molar-refractivity contribution in [3.63, 3.8) is 0 Å². The van der Waals surface area contributed by atoms with Crippen LogP contribution < -0.4 is 11.0 Å². The molecule has 78 valence electrons. The summed E-state index contributed by atoms with van der Waals surface area (Å²) in [5.74, 6) is 0. The van der Waals surface area contributed by atoms with E-state index in [-0.39, 0.29) is 5.69 Å². The number of rotatable bonds is 3. The number of aromatic nitrogens is 3. The quantitative estimate of drug-likeness (QED) is 0.754. The molecule has 0 radical (unpaired) electrons. The van der Waals surface area contributed by atoms with Crippen LogP contribution in [0.2, 0.25) is 0 Å². The van der Waals surface area contributed by atoms with Crippen LogP contribution in [0.4, 0.5) is 0 Å². The molecule has 1 aromatic carbocycles. The van der Waals surface area contributed by atoms with Gasteiger partial charge in [-0.2, -0.15) is 5.10 Å². The van der Waals surface area contributed by atoms with Crippen LogP contribution in [0, 0.1) is 0 Å². The lowest BCUT2D eigenvalue weighted by Gasteiger charge is -2.03. The Morgan fingerprint density at radius 2 is 2.40 bits per heavy atom. The van der Waals surface area contributed by atoms with Gasteiger partial charge in [-0.1, -0.05) is 12.1 Å². The molecule has 0 unspecified atom stereocenters. The fraction of sp³-hybridized carbons (Fsp3) is 0.200. The molecule has 2 aromatic rings. The predicted molar refractivity (Wildman–Crippen MR) is 56.9 cm³/mol. The Kier molecular flexibility index (Phi) is 2.64. The Balaban J connectivity index is 2.41. The number of benzene rings is 1. The average molecular weight is 204 g/mol. The summed E-state index contributed by atoms with van der Waals surface area (Å²) in [5, 5.41) is 9.10. The van der Waals surface area contributed by atoms with Crippen LogP contribution in [0.1, 0.15) is 5.56 Å². The van der Waals surface area contributed by atoms with Gasteiger partial charge in [-0.3, -0.25) is 0 Å². The third-order valence-corrected chi connectivity index (χ3v) is 2.12. The van der Waals surface area contributed by atoms with E-state index >= 15 is 0 Å². The predicted octanol–water partition coefficient (Wildman–Crippen LogP) is 0.280. The SMILES string of the molecule is CNCc1cccc(-n2cn[nH]c2=O)c1. The third-order valence-electron chi connectivity index (χ3n) is 2.12. The molecule has 0 fully saturated rings. The Morgan fingerprint density at radius 3 is 3.07 bits per heavy atom. The Bertz CT molecular complexity index is 500. The molecule has 0 bridgehead atoms. The van der Waals surface area contributed by atoms with E-state index in [0.717, 1.165) is 17.8 Å². The first-order valence-electron chi connectivity index (χ1n) is 4.67. The van der Waals surface area contributed by atoms with E-state index < -0.39 is 0 Å². The molecule has 0 aliphatic carbocycles. The maximum atomic E-state index is 11.3. The minimum atomic E-state index is -0.225. The number of nitrogens with one attached hydrogen (secondary N) is 2. The van der Waals surface area contributed by atoms with Crippen LogP contribution >= 0.6 is 0 Å². The molecule has 1 aromatic heterocycles. The average Bonchev–Trinajstić information content (AvgIpc) is 2.65. The zero-order valence-electron chi connectivity index (χ0n) is 8.40. The van der Waals surface area contributed by atoms with Crippen molar-refractivity contribution < 1.29 is 0 Å². The van der Waals surface area contributed by atoms with Gasteiger partial charge < -0.3 is 5.32 Å². The summed E-state index contributed by atoms with van der Waals surface area (Å²) < 4.78 is 1.47. The van der Waals surface area contributed by atoms with Gasteiger partial charge in [0, 0.05) is 6.54 Å². The van der Waals surface area contributed by atoms with Gasteiger partial charge >= 0.3 is 5.69 Å². The van der Waals surface area contributed by atoms with E-state index in [1.807, 2.05) is 31.3 Å². The number of hydrogen-bond acceptors (Lipinski definition) is 3. The summed E-state index contributed by atoms with van der Waals surface area (Å²) in [6, 6.07) is 7.75. The van der Waals surface area contributed by atoms with E-state index in [2.05, 4.69) is 15.5 Å². The monoisotopic (exact) mass is 204 g/mol. The lowest BCUT2D eigenvalue weighted by atomic mass is 10.2. The zero-order chi connectivity index (χ0) is 10.7. The van der Waals surface area contributed by atoms with Gasteiger partial charge in [-0.15, -0.1) is 0 Å². The van der Waals surface area contributed by atoms with Gasteiger partial charge in [0.2, 0.25) is 0 Å². The highest BCUT2D eigenvalue weighted by Gasteiger charge is 2.01. The highest BCUT2D eigenvalue weighted by Crippen LogP contribution is 2.07. The Morgan fingerprint density at radius 1 is 1.53 bits per heavy atom. The first-order chi connectivity index (χ1) is 7.31. The van der Waals surface area contributed by atoms with Crippen LogP contribution in [-0.2, 0) is 6.54 Å². The van der Waals surface area contributed by atoms with Gasteiger partial charge in [0.1, 0.15) is 6.33 Å². The van der Waals surface area contributed by atoms with E-state index in [1.54, 1.807) is 0 Å². The standard InChI is InChI=1S/C10H12N4O/c1-11-6-8-3-2-4-9(5-8)14-7-12-13-10(14)15/h2-5,7,11H,6H2,1H3,(H,13,15). The van der Waals surface area contributed by atoms with Crippen molar-refractivity contribution in [2.24, 2.45) is 0 Å². The summed E-state index contributed by atoms with van der Waals surface area (Å²) in [6.07, 6.45) is 1.47. The van der Waals surface area contributed by atoms with Gasteiger partial charge in [0.15, 0.2) is 0 Å². The molecule has 2 N–H and O–H groups in total. The van der Waals surface area contributed by atoms with E-state index in [9.17, 15) is 4.79 Å². The van der Waals surface area contributed by atoms with Crippen molar-refractivity contribution >= 4 is 0 Å².